The summed E-state index contributed by atoms with van der Waals surface area (Å²) in [7, 11) is 0. The van der Waals surface area contributed by atoms with E-state index < -0.39 is 0 Å². The van der Waals surface area contributed by atoms with Gasteiger partial charge in [-0.3, -0.25) is 0 Å². The summed E-state index contributed by atoms with van der Waals surface area (Å²) in [5.74, 6) is 0.396. The van der Waals surface area contributed by atoms with Crippen molar-refractivity contribution < 1.29 is 4.39 Å². The van der Waals surface area contributed by atoms with Crippen molar-refractivity contribution in [2.45, 2.75) is 32.7 Å². The van der Waals surface area contributed by atoms with E-state index in [1.807, 2.05) is 6.07 Å². The molecule has 0 aromatic heterocycles. The highest BCUT2D eigenvalue weighted by molar-refractivity contribution is 9.10. The van der Waals surface area contributed by atoms with Crippen molar-refractivity contribution in [3.05, 3.63) is 34.1 Å². The van der Waals surface area contributed by atoms with Gasteiger partial charge in [-0.15, -0.1) is 0 Å². The molecule has 0 fully saturated rings. The SMILES string of the molecule is CC(C)CCC(N)c1cc(F)cc(Br)c1. The average molecular weight is 274 g/mol. The monoisotopic (exact) mass is 273 g/mol. The molecule has 0 spiro atoms. The maximum atomic E-state index is 13.1. The number of hydrogen-bond acceptors (Lipinski definition) is 1. The summed E-state index contributed by atoms with van der Waals surface area (Å²) in [5.41, 5.74) is 6.86. The first-order chi connectivity index (χ1) is 6.99. The van der Waals surface area contributed by atoms with Gasteiger partial charge in [-0.05, 0) is 42.5 Å². The Hall–Kier alpha value is -0.410. The van der Waals surface area contributed by atoms with Crippen LogP contribution in [0.3, 0.4) is 0 Å². The van der Waals surface area contributed by atoms with Crippen molar-refractivity contribution in [2.24, 2.45) is 11.7 Å². The summed E-state index contributed by atoms with van der Waals surface area (Å²) >= 11 is 3.27. The number of nitrogens with two attached hydrogens (primary N) is 1. The summed E-state index contributed by atoms with van der Waals surface area (Å²) in [6, 6.07) is 4.77. The third kappa shape index (κ3) is 4.31. The van der Waals surface area contributed by atoms with E-state index in [4.69, 9.17) is 5.73 Å². The molecule has 15 heavy (non-hydrogen) atoms. The minimum atomic E-state index is -0.237. The summed E-state index contributed by atoms with van der Waals surface area (Å²) in [4.78, 5) is 0. The number of halogens is 2. The van der Waals surface area contributed by atoms with E-state index >= 15 is 0 Å². The molecule has 0 saturated carbocycles. The Kier molecular flexibility index (Phi) is 4.74. The summed E-state index contributed by atoms with van der Waals surface area (Å²) in [6.07, 6.45) is 1.96. The molecule has 1 atom stereocenters. The summed E-state index contributed by atoms with van der Waals surface area (Å²) in [6.45, 7) is 4.32. The Morgan fingerprint density at radius 3 is 2.47 bits per heavy atom. The van der Waals surface area contributed by atoms with Crippen molar-refractivity contribution in [3.8, 4) is 0 Å². The second-order valence-corrected chi connectivity index (χ2v) is 5.20. The molecule has 0 bridgehead atoms. The fourth-order valence-electron chi connectivity index (χ4n) is 1.47. The van der Waals surface area contributed by atoms with Crippen LogP contribution >= 0.6 is 15.9 Å². The molecule has 1 unspecified atom stereocenters. The number of rotatable bonds is 4. The molecule has 84 valence electrons. The fraction of sp³-hybridized carbons (Fsp3) is 0.500. The first-order valence-electron chi connectivity index (χ1n) is 5.20. The Labute approximate surface area is 99.0 Å². The van der Waals surface area contributed by atoms with Gasteiger partial charge in [-0.1, -0.05) is 29.8 Å². The Morgan fingerprint density at radius 1 is 1.27 bits per heavy atom. The first-order valence-corrected chi connectivity index (χ1v) is 6.00. The molecule has 1 aromatic rings. The van der Waals surface area contributed by atoms with Crippen LogP contribution in [0.4, 0.5) is 4.39 Å². The predicted molar refractivity (Wildman–Crippen MR) is 65.1 cm³/mol. The summed E-state index contributed by atoms with van der Waals surface area (Å²) in [5, 5.41) is 0. The molecule has 0 radical (unpaired) electrons. The highest BCUT2D eigenvalue weighted by Crippen LogP contribution is 2.23. The molecule has 0 saturated heterocycles. The van der Waals surface area contributed by atoms with Gasteiger partial charge in [-0.2, -0.15) is 0 Å². The minimum Gasteiger partial charge on any atom is -0.324 e. The Morgan fingerprint density at radius 2 is 1.93 bits per heavy atom. The quantitative estimate of drug-likeness (QED) is 0.881. The smallest absolute Gasteiger partial charge is 0.124 e. The maximum absolute atomic E-state index is 13.1. The molecule has 1 nitrogen and oxygen atoms in total. The zero-order chi connectivity index (χ0) is 11.4. The van der Waals surface area contributed by atoms with Crippen LogP contribution in [0.1, 0.15) is 38.3 Å². The number of benzene rings is 1. The van der Waals surface area contributed by atoms with Crippen LogP contribution in [-0.4, -0.2) is 0 Å². The van der Waals surface area contributed by atoms with Crippen molar-refractivity contribution in [1.82, 2.24) is 0 Å². The van der Waals surface area contributed by atoms with Gasteiger partial charge in [0.25, 0.3) is 0 Å². The topological polar surface area (TPSA) is 26.0 Å². The minimum absolute atomic E-state index is 0.0700. The van der Waals surface area contributed by atoms with Crippen LogP contribution in [-0.2, 0) is 0 Å². The second kappa shape index (κ2) is 5.61. The second-order valence-electron chi connectivity index (χ2n) is 4.28. The van der Waals surface area contributed by atoms with E-state index in [1.165, 1.54) is 12.1 Å². The van der Waals surface area contributed by atoms with E-state index in [-0.39, 0.29) is 11.9 Å². The predicted octanol–water partition coefficient (Wildman–Crippen LogP) is 4.02. The maximum Gasteiger partial charge on any atom is 0.124 e. The molecule has 0 aliphatic heterocycles. The van der Waals surface area contributed by atoms with Crippen molar-refractivity contribution in [2.75, 3.05) is 0 Å². The lowest BCUT2D eigenvalue weighted by molar-refractivity contribution is 0.505. The molecule has 0 aliphatic carbocycles. The van der Waals surface area contributed by atoms with Crippen LogP contribution in [0.15, 0.2) is 22.7 Å². The zero-order valence-electron chi connectivity index (χ0n) is 9.13. The average Bonchev–Trinajstić information content (AvgIpc) is 2.12. The molecule has 0 aliphatic rings. The molecule has 0 heterocycles. The standard InChI is InChI=1S/C12H17BrFN/c1-8(2)3-4-12(15)9-5-10(13)7-11(14)6-9/h5-8,12H,3-4,15H2,1-2H3. The fourth-order valence-corrected chi connectivity index (χ4v) is 1.95. The van der Waals surface area contributed by atoms with Crippen molar-refractivity contribution in [3.63, 3.8) is 0 Å². The van der Waals surface area contributed by atoms with Gasteiger partial charge in [0.15, 0.2) is 0 Å². The largest absolute Gasteiger partial charge is 0.324 e. The third-order valence-electron chi connectivity index (χ3n) is 2.37. The van der Waals surface area contributed by atoms with Gasteiger partial charge in [0.05, 0.1) is 0 Å². The summed E-state index contributed by atoms with van der Waals surface area (Å²) < 4.78 is 13.8. The van der Waals surface area contributed by atoms with E-state index in [1.54, 1.807) is 0 Å². The van der Waals surface area contributed by atoms with Crippen LogP contribution in [0.2, 0.25) is 0 Å². The Bertz CT molecular complexity index is 305. The van der Waals surface area contributed by atoms with Crippen molar-refractivity contribution >= 4 is 15.9 Å². The molecule has 1 rings (SSSR count). The van der Waals surface area contributed by atoms with E-state index in [0.29, 0.717) is 5.92 Å². The highest BCUT2D eigenvalue weighted by atomic mass is 79.9. The lowest BCUT2D eigenvalue weighted by Crippen LogP contribution is -2.11. The van der Waals surface area contributed by atoms with Crippen molar-refractivity contribution in [1.29, 1.82) is 0 Å². The Balaban J connectivity index is 2.68. The molecular weight excluding hydrogens is 257 g/mol. The molecule has 3 heteroatoms. The van der Waals surface area contributed by atoms with E-state index in [0.717, 1.165) is 22.9 Å². The van der Waals surface area contributed by atoms with Gasteiger partial charge in [-0.25, -0.2) is 4.39 Å². The molecular formula is C12H17BrFN. The lowest BCUT2D eigenvalue weighted by Gasteiger charge is -2.13. The van der Waals surface area contributed by atoms with Gasteiger partial charge in [0, 0.05) is 10.5 Å². The van der Waals surface area contributed by atoms with E-state index in [2.05, 4.69) is 29.8 Å². The van der Waals surface area contributed by atoms with E-state index in [9.17, 15) is 4.39 Å². The first kappa shape index (κ1) is 12.7. The van der Waals surface area contributed by atoms with Crippen LogP contribution in [0.5, 0.6) is 0 Å². The van der Waals surface area contributed by atoms with Gasteiger partial charge >= 0.3 is 0 Å². The van der Waals surface area contributed by atoms with Crippen LogP contribution < -0.4 is 5.73 Å². The molecule has 0 amide bonds. The lowest BCUT2D eigenvalue weighted by atomic mass is 9.98. The number of hydrogen-bond donors (Lipinski definition) is 1. The van der Waals surface area contributed by atoms with Gasteiger partial charge in [0.2, 0.25) is 0 Å². The van der Waals surface area contributed by atoms with Gasteiger partial charge < -0.3 is 5.73 Å². The molecule has 1 aromatic carbocycles. The van der Waals surface area contributed by atoms with Crippen LogP contribution in [0, 0.1) is 11.7 Å². The third-order valence-corrected chi connectivity index (χ3v) is 2.83. The molecule has 2 N–H and O–H groups in total. The highest BCUT2D eigenvalue weighted by Gasteiger charge is 2.09. The van der Waals surface area contributed by atoms with Gasteiger partial charge in [0.1, 0.15) is 5.82 Å². The normalized spacial score (nSPS) is 13.2. The zero-order valence-corrected chi connectivity index (χ0v) is 10.7. The van der Waals surface area contributed by atoms with Crippen LogP contribution in [0.25, 0.3) is 0 Å².